The van der Waals surface area contributed by atoms with Crippen LogP contribution >= 0.6 is 0 Å². The van der Waals surface area contributed by atoms with Gasteiger partial charge in [0.2, 0.25) is 0 Å². The highest BCUT2D eigenvalue weighted by molar-refractivity contribution is 5.95. The molecule has 0 amide bonds. The van der Waals surface area contributed by atoms with Crippen LogP contribution in [-0.4, -0.2) is 24.9 Å². The first kappa shape index (κ1) is 17.3. The zero-order valence-electron chi connectivity index (χ0n) is 15.9. The van der Waals surface area contributed by atoms with Crippen molar-refractivity contribution in [2.75, 3.05) is 0 Å². The van der Waals surface area contributed by atoms with E-state index in [4.69, 9.17) is 9.40 Å². The number of imidazole rings is 1. The number of non-ortho nitro benzene ring substituents is 1. The van der Waals surface area contributed by atoms with Crippen LogP contribution in [0.25, 0.3) is 56.0 Å². The van der Waals surface area contributed by atoms with E-state index in [1.165, 1.54) is 12.1 Å². The lowest BCUT2D eigenvalue weighted by Crippen LogP contribution is -1.87. The lowest BCUT2D eigenvalue weighted by molar-refractivity contribution is -0.384. The number of nitro benzene ring substituents is 1. The predicted molar refractivity (Wildman–Crippen MR) is 116 cm³/mol. The first-order valence-electron chi connectivity index (χ1n) is 9.55. The van der Waals surface area contributed by atoms with Crippen molar-refractivity contribution in [2.24, 2.45) is 0 Å². The molecule has 3 heterocycles. The number of aromatic amines is 1. The molecule has 8 heteroatoms. The van der Waals surface area contributed by atoms with Gasteiger partial charge in [-0.2, -0.15) is 0 Å². The third-order valence-electron chi connectivity index (χ3n) is 5.15. The number of nitro groups is 1. The Bertz CT molecular complexity index is 1540. The molecule has 6 aromatic rings. The number of H-pyrrole nitrogens is 1. The summed E-state index contributed by atoms with van der Waals surface area (Å²) in [6.07, 6.45) is 0. The maximum absolute atomic E-state index is 10.8. The normalized spacial score (nSPS) is 11.5. The van der Waals surface area contributed by atoms with Crippen LogP contribution in [0, 0.1) is 10.1 Å². The minimum atomic E-state index is -0.431. The van der Waals surface area contributed by atoms with Gasteiger partial charge in [0.15, 0.2) is 11.6 Å². The summed E-state index contributed by atoms with van der Waals surface area (Å²) in [6.45, 7) is 0. The van der Waals surface area contributed by atoms with Crippen LogP contribution in [0.4, 0.5) is 5.69 Å². The SMILES string of the molecule is O=[N+]([O-])c1ccc(-c2ccc(-c3nc4cc5nc6ccccc6[nH]c5cc4n3)o2)cc1. The summed E-state index contributed by atoms with van der Waals surface area (Å²) in [5, 5.41) is 10.8. The number of fused-ring (bicyclic) bond motifs is 3. The molecule has 0 aliphatic heterocycles. The number of furan rings is 1. The number of hydrogen-bond acceptors (Lipinski definition) is 6. The minimum absolute atomic E-state index is 0.0336. The van der Waals surface area contributed by atoms with Crippen molar-refractivity contribution >= 4 is 38.8 Å². The van der Waals surface area contributed by atoms with E-state index in [2.05, 4.69) is 15.0 Å². The largest absolute Gasteiger partial charge is 0.453 e. The summed E-state index contributed by atoms with van der Waals surface area (Å²) in [6, 6.07) is 21.5. The van der Waals surface area contributed by atoms with Crippen molar-refractivity contribution in [3.05, 3.63) is 82.9 Å². The monoisotopic (exact) mass is 407 g/mol. The first-order chi connectivity index (χ1) is 15.1. The Kier molecular flexibility index (Phi) is 3.60. The summed E-state index contributed by atoms with van der Waals surface area (Å²) in [5.74, 6) is 1.59. The maximum atomic E-state index is 10.8. The fourth-order valence-electron chi connectivity index (χ4n) is 3.61. The summed E-state index contributed by atoms with van der Waals surface area (Å²) in [7, 11) is 0. The predicted octanol–water partition coefficient (Wildman–Crippen LogP) is 5.49. The molecular formula is C23H13N5O3. The molecule has 148 valence electrons. The van der Waals surface area contributed by atoms with E-state index < -0.39 is 4.92 Å². The molecule has 6 rings (SSSR count). The van der Waals surface area contributed by atoms with E-state index in [1.807, 2.05) is 36.4 Å². The Morgan fingerprint density at radius 2 is 1.48 bits per heavy atom. The fourth-order valence-corrected chi connectivity index (χ4v) is 3.61. The van der Waals surface area contributed by atoms with Gasteiger partial charge in [0.05, 0.1) is 38.0 Å². The van der Waals surface area contributed by atoms with Crippen molar-refractivity contribution < 1.29 is 9.34 Å². The van der Waals surface area contributed by atoms with E-state index in [0.717, 1.165) is 38.7 Å². The molecule has 8 nitrogen and oxygen atoms in total. The van der Waals surface area contributed by atoms with Crippen LogP contribution in [0.2, 0.25) is 0 Å². The lowest BCUT2D eigenvalue weighted by atomic mass is 10.1. The Labute approximate surface area is 174 Å². The van der Waals surface area contributed by atoms with Gasteiger partial charge in [0.1, 0.15) is 5.76 Å². The van der Waals surface area contributed by atoms with Gasteiger partial charge in [-0.15, -0.1) is 0 Å². The zero-order valence-corrected chi connectivity index (χ0v) is 15.9. The first-order valence-corrected chi connectivity index (χ1v) is 9.55. The summed E-state index contributed by atoms with van der Waals surface area (Å²) in [4.78, 5) is 27.7. The summed E-state index contributed by atoms with van der Waals surface area (Å²) in [5.41, 5.74) is 5.76. The molecule has 0 saturated heterocycles. The molecule has 0 radical (unpaired) electrons. The Morgan fingerprint density at radius 3 is 2.29 bits per heavy atom. The Morgan fingerprint density at radius 1 is 0.742 bits per heavy atom. The topological polar surface area (TPSA) is 111 Å². The van der Waals surface area contributed by atoms with E-state index in [-0.39, 0.29) is 5.69 Å². The highest BCUT2D eigenvalue weighted by Crippen LogP contribution is 2.30. The van der Waals surface area contributed by atoms with Crippen LogP contribution in [0.15, 0.2) is 77.2 Å². The van der Waals surface area contributed by atoms with Crippen molar-refractivity contribution in [3.8, 4) is 22.9 Å². The highest BCUT2D eigenvalue weighted by Gasteiger charge is 2.14. The number of nitrogens with zero attached hydrogens (tertiary/aromatic N) is 4. The fraction of sp³-hybridized carbons (Fsp3) is 0. The number of benzene rings is 3. The van der Waals surface area contributed by atoms with E-state index in [9.17, 15) is 10.1 Å². The molecule has 0 aliphatic rings. The van der Waals surface area contributed by atoms with Gasteiger partial charge in [0, 0.05) is 17.7 Å². The summed E-state index contributed by atoms with van der Waals surface area (Å²) < 4.78 is 5.93. The quantitative estimate of drug-likeness (QED) is 0.236. The molecular weight excluding hydrogens is 394 g/mol. The maximum Gasteiger partial charge on any atom is 0.269 e. The van der Waals surface area contributed by atoms with Gasteiger partial charge in [-0.1, -0.05) is 12.1 Å². The van der Waals surface area contributed by atoms with Crippen LogP contribution in [0.1, 0.15) is 0 Å². The van der Waals surface area contributed by atoms with Crippen LogP contribution in [0.3, 0.4) is 0 Å². The average Bonchev–Trinajstić information content (AvgIpc) is 3.43. The third-order valence-corrected chi connectivity index (χ3v) is 5.15. The van der Waals surface area contributed by atoms with Gasteiger partial charge in [-0.05, 0) is 48.5 Å². The lowest BCUT2D eigenvalue weighted by Gasteiger charge is -2.01. The molecule has 0 spiro atoms. The molecule has 0 unspecified atom stereocenters. The smallest absolute Gasteiger partial charge is 0.269 e. The van der Waals surface area contributed by atoms with Crippen molar-refractivity contribution in [2.45, 2.75) is 0 Å². The second kappa shape index (κ2) is 6.46. The van der Waals surface area contributed by atoms with Gasteiger partial charge >= 0.3 is 0 Å². The standard InChI is InChI=1S/C23H13N5O3/c29-28(30)14-7-5-13(6-8-14)21-9-10-22(31-21)23-26-19-11-17-18(12-20(19)27-23)25-16-4-2-1-3-15(16)24-17/h1-12,24H. The molecule has 31 heavy (non-hydrogen) atoms. The second-order valence-corrected chi connectivity index (χ2v) is 7.13. The van der Waals surface area contributed by atoms with Crippen molar-refractivity contribution in [3.63, 3.8) is 0 Å². The van der Waals surface area contributed by atoms with Gasteiger partial charge < -0.3 is 9.40 Å². The van der Waals surface area contributed by atoms with Gasteiger partial charge in [-0.25, -0.2) is 15.0 Å². The van der Waals surface area contributed by atoms with Gasteiger partial charge in [-0.3, -0.25) is 10.1 Å². The zero-order chi connectivity index (χ0) is 20.9. The third kappa shape index (κ3) is 2.89. The van der Waals surface area contributed by atoms with Gasteiger partial charge in [0.25, 0.3) is 5.69 Å². The van der Waals surface area contributed by atoms with Crippen molar-refractivity contribution in [1.29, 1.82) is 0 Å². The van der Waals surface area contributed by atoms with E-state index >= 15 is 0 Å². The number of rotatable bonds is 3. The molecule has 1 N–H and O–H groups in total. The van der Waals surface area contributed by atoms with Crippen LogP contribution < -0.4 is 0 Å². The highest BCUT2D eigenvalue weighted by atomic mass is 16.6. The van der Waals surface area contributed by atoms with Crippen LogP contribution in [-0.2, 0) is 0 Å². The molecule has 0 bridgehead atoms. The molecule has 3 aromatic carbocycles. The summed E-state index contributed by atoms with van der Waals surface area (Å²) >= 11 is 0. The molecule has 0 atom stereocenters. The number of hydrogen-bond donors (Lipinski definition) is 1. The average molecular weight is 407 g/mol. The Hall–Kier alpha value is -4.59. The van der Waals surface area contributed by atoms with Crippen LogP contribution in [0.5, 0.6) is 0 Å². The van der Waals surface area contributed by atoms with Crippen molar-refractivity contribution in [1.82, 2.24) is 19.9 Å². The second-order valence-electron chi connectivity index (χ2n) is 7.13. The van der Waals surface area contributed by atoms with E-state index in [1.54, 1.807) is 24.3 Å². The number of nitrogens with one attached hydrogen (secondary N) is 1. The number of aromatic nitrogens is 4. The molecule has 0 fully saturated rings. The molecule has 3 aromatic heterocycles. The molecule has 0 saturated carbocycles. The Balaban J connectivity index is 1.40. The van der Waals surface area contributed by atoms with E-state index in [0.29, 0.717) is 17.3 Å². The number of para-hydroxylation sites is 2. The molecule has 0 aliphatic carbocycles. The minimum Gasteiger partial charge on any atom is -0.453 e.